The van der Waals surface area contributed by atoms with Crippen molar-refractivity contribution in [1.82, 2.24) is 35.0 Å². The third kappa shape index (κ3) is 7.12. The molecule has 0 amide bonds. The van der Waals surface area contributed by atoms with Gasteiger partial charge in [0.2, 0.25) is 11.7 Å². The minimum atomic E-state index is -4.62. The number of benzene rings is 1. The molecule has 1 saturated carbocycles. The van der Waals surface area contributed by atoms with Crippen molar-refractivity contribution in [3.8, 4) is 23.3 Å². The van der Waals surface area contributed by atoms with Crippen LogP contribution in [0, 0.1) is 16.7 Å². The molecule has 1 aliphatic carbocycles. The third-order valence-corrected chi connectivity index (χ3v) is 8.11. The van der Waals surface area contributed by atoms with Crippen molar-refractivity contribution in [3.05, 3.63) is 82.3 Å². The van der Waals surface area contributed by atoms with Crippen LogP contribution in [0.1, 0.15) is 54.2 Å². The molecule has 4 aromatic rings. The lowest BCUT2D eigenvalue weighted by molar-refractivity contribution is -0.144. The zero-order chi connectivity index (χ0) is 30.0. The monoisotopic (exact) mass is 608 g/mol. The third-order valence-electron chi connectivity index (χ3n) is 7.86. The Morgan fingerprint density at radius 2 is 1.86 bits per heavy atom. The normalized spacial score (nSPS) is 17.0. The first-order chi connectivity index (χ1) is 20.7. The molecule has 2 fully saturated rings. The van der Waals surface area contributed by atoms with Gasteiger partial charge in [0, 0.05) is 55.1 Å². The van der Waals surface area contributed by atoms with Crippen LogP contribution in [0.25, 0.3) is 11.4 Å². The lowest BCUT2D eigenvalue weighted by Crippen LogP contribution is -2.38. The molecule has 222 valence electrons. The summed E-state index contributed by atoms with van der Waals surface area (Å²) in [5.41, 5.74) is 2.67. The van der Waals surface area contributed by atoms with E-state index in [2.05, 4.69) is 41.1 Å². The number of rotatable bonds is 9. The fraction of sp³-hybridized carbons (Fsp3) is 0.400. The Hall–Kier alpha value is -4.08. The van der Waals surface area contributed by atoms with Crippen LogP contribution < -0.4 is 4.74 Å². The Morgan fingerprint density at radius 1 is 1.09 bits per heavy atom. The van der Waals surface area contributed by atoms with Gasteiger partial charge in [-0.25, -0.2) is 4.98 Å². The first-order valence-electron chi connectivity index (χ1n) is 14.0. The smallest absolute Gasteiger partial charge is 0.451 e. The van der Waals surface area contributed by atoms with Crippen molar-refractivity contribution in [2.75, 3.05) is 13.1 Å². The molecule has 0 spiro atoms. The molecular weight excluding hydrogens is 581 g/mol. The molecule has 0 unspecified atom stereocenters. The number of nitriles is 1. The van der Waals surface area contributed by atoms with Crippen LogP contribution in [0.3, 0.4) is 0 Å². The van der Waals surface area contributed by atoms with E-state index < -0.39 is 17.4 Å². The number of halogens is 4. The van der Waals surface area contributed by atoms with Gasteiger partial charge in [0.05, 0.1) is 17.2 Å². The first-order valence-corrected chi connectivity index (χ1v) is 14.4. The summed E-state index contributed by atoms with van der Waals surface area (Å²) in [5, 5.41) is 17.3. The quantitative estimate of drug-likeness (QED) is 0.253. The van der Waals surface area contributed by atoms with Gasteiger partial charge in [-0.1, -0.05) is 23.7 Å². The highest BCUT2D eigenvalue weighted by molar-refractivity contribution is 6.30. The van der Waals surface area contributed by atoms with Gasteiger partial charge < -0.3 is 9.72 Å². The Labute approximate surface area is 251 Å². The maximum Gasteiger partial charge on any atom is 0.451 e. The number of aromatic amines is 1. The topological polar surface area (TPSA) is 116 Å². The minimum absolute atomic E-state index is 0.00608. The largest absolute Gasteiger partial charge is 0.474 e. The first kappa shape index (κ1) is 29.0. The van der Waals surface area contributed by atoms with Crippen molar-refractivity contribution in [2.45, 2.75) is 57.3 Å². The van der Waals surface area contributed by atoms with Crippen LogP contribution in [0.2, 0.25) is 5.02 Å². The van der Waals surface area contributed by atoms with Crippen molar-refractivity contribution in [2.24, 2.45) is 5.41 Å². The number of likely N-dealkylation sites (tertiary alicyclic amines) is 1. The zero-order valence-electron chi connectivity index (χ0n) is 23.1. The van der Waals surface area contributed by atoms with Gasteiger partial charge in [0.1, 0.15) is 11.9 Å². The van der Waals surface area contributed by atoms with E-state index >= 15 is 0 Å². The number of hydrogen-bond donors (Lipinski definition) is 1. The Balaban J connectivity index is 1.09. The molecule has 1 aromatic carbocycles. The van der Waals surface area contributed by atoms with Crippen molar-refractivity contribution < 1.29 is 17.9 Å². The van der Waals surface area contributed by atoms with E-state index in [9.17, 15) is 18.4 Å². The fourth-order valence-electron chi connectivity index (χ4n) is 5.21. The number of nitrogens with zero attached hydrogens (tertiary/aromatic N) is 7. The van der Waals surface area contributed by atoms with Gasteiger partial charge in [-0.15, -0.1) is 10.2 Å². The molecule has 9 nitrogen and oxygen atoms in total. The lowest BCUT2D eigenvalue weighted by atomic mass is 9.95. The maximum atomic E-state index is 13.0. The molecule has 13 heteroatoms. The van der Waals surface area contributed by atoms with E-state index in [1.54, 1.807) is 18.3 Å². The highest BCUT2D eigenvalue weighted by Gasteiger charge is 2.43. The number of pyridine rings is 1. The second-order valence-corrected chi connectivity index (χ2v) is 11.6. The van der Waals surface area contributed by atoms with E-state index in [0.29, 0.717) is 41.7 Å². The molecule has 1 aliphatic heterocycles. The lowest BCUT2D eigenvalue weighted by Gasteiger charge is -2.32. The molecular formula is C30H28ClF3N8O. The molecule has 0 bridgehead atoms. The molecule has 0 radical (unpaired) electrons. The predicted molar refractivity (Wildman–Crippen MR) is 151 cm³/mol. The Bertz CT molecular complexity index is 1620. The number of ether oxygens (including phenoxy) is 1. The second-order valence-electron chi connectivity index (χ2n) is 11.1. The van der Waals surface area contributed by atoms with Crippen LogP contribution in [-0.4, -0.2) is 54.2 Å². The van der Waals surface area contributed by atoms with Gasteiger partial charge in [-0.3, -0.25) is 9.88 Å². The predicted octanol–water partition coefficient (Wildman–Crippen LogP) is 5.81. The number of H-pyrrole nitrogens is 1. The summed E-state index contributed by atoms with van der Waals surface area (Å²) in [6.07, 6.45) is 2.85. The van der Waals surface area contributed by atoms with Crippen LogP contribution >= 0.6 is 11.6 Å². The summed E-state index contributed by atoms with van der Waals surface area (Å²) in [6, 6.07) is 13.5. The molecule has 1 N–H and O–H groups in total. The molecule has 4 heterocycles. The minimum Gasteiger partial charge on any atom is -0.474 e. The Kier molecular flexibility index (Phi) is 8.03. The van der Waals surface area contributed by atoms with E-state index in [1.165, 1.54) is 6.20 Å². The van der Waals surface area contributed by atoms with Gasteiger partial charge in [-0.05, 0) is 61.4 Å². The second kappa shape index (κ2) is 11.9. The number of aromatic nitrogens is 6. The number of nitrogens with one attached hydrogen (secondary N) is 1. The summed E-state index contributed by atoms with van der Waals surface area (Å²) < 4.78 is 45.3. The van der Waals surface area contributed by atoms with Crippen molar-refractivity contribution >= 4 is 11.6 Å². The number of alkyl halides is 3. The van der Waals surface area contributed by atoms with Crippen molar-refractivity contribution in [3.63, 3.8) is 0 Å². The fourth-order valence-corrected chi connectivity index (χ4v) is 5.34. The zero-order valence-corrected chi connectivity index (χ0v) is 23.9. The van der Waals surface area contributed by atoms with Crippen molar-refractivity contribution in [1.29, 1.82) is 5.26 Å². The summed E-state index contributed by atoms with van der Waals surface area (Å²) in [6.45, 7) is 2.11. The van der Waals surface area contributed by atoms with E-state index in [1.807, 2.05) is 24.3 Å². The Morgan fingerprint density at radius 3 is 2.53 bits per heavy atom. The summed E-state index contributed by atoms with van der Waals surface area (Å²) in [7, 11) is 0. The highest BCUT2D eigenvalue weighted by Crippen LogP contribution is 2.48. The molecule has 6 rings (SSSR count). The standard InChI is InChI=1S/C30H28ClF3N8O/c31-22-3-1-19(2-4-22)13-25-36-10-5-26(38-25)43-23-6-11-42(12-7-23)17-24-20(15-29(18-35)8-9-29)14-21(16-37-24)27-39-28(41-40-27)30(32,33)34/h1-5,10,14,16,23H,6-9,11-13,15,17H2,(H,39,40,41). The average Bonchev–Trinajstić information content (AvgIpc) is 3.57. The van der Waals surface area contributed by atoms with Crippen LogP contribution in [-0.2, 0) is 25.6 Å². The average molecular weight is 609 g/mol. The van der Waals surface area contributed by atoms with Crippen LogP contribution in [0.15, 0.2) is 48.8 Å². The maximum absolute atomic E-state index is 13.0. The van der Waals surface area contributed by atoms with Crippen LogP contribution in [0.4, 0.5) is 13.2 Å². The molecule has 3 aromatic heterocycles. The number of hydrogen-bond acceptors (Lipinski definition) is 8. The van der Waals surface area contributed by atoms with E-state index in [4.69, 9.17) is 16.3 Å². The van der Waals surface area contributed by atoms with E-state index in [-0.39, 0.29) is 11.9 Å². The summed E-state index contributed by atoms with van der Waals surface area (Å²) in [4.78, 5) is 18.1. The summed E-state index contributed by atoms with van der Waals surface area (Å²) in [5.74, 6) is 0.0523. The molecule has 43 heavy (non-hydrogen) atoms. The molecule has 0 atom stereocenters. The summed E-state index contributed by atoms with van der Waals surface area (Å²) >= 11 is 5.98. The molecule has 2 aliphatic rings. The van der Waals surface area contributed by atoms with Gasteiger partial charge in [-0.2, -0.15) is 23.4 Å². The van der Waals surface area contributed by atoms with Gasteiger partial charge in [0.15, 0.2) is 5.82 Å². The SMILES string of the molecule is N#CC1(Cc2cc(-c3nnc(C(F)(F)F)[nH]3)cnc2CN2CCC(Oc3ccnc(Cc4ccc(Cl)cc4)n3)CC2)CC1. The van der Waals surface area contributed by atoms with E-state index in [0.717, 1.165) is 55.6 Å². The van der Waals surface area contributed by atoms with Gasteiger partial charge in [0.25, 0.3) is 0 Å². The number of piperidine rings is 1. The van der Waals surface area contributed by atoms with Crippen LogP contribution in [0.5, 0.6) is 5.88 Å². The van der Waals surface area contributed by atoms with Gasteiger partial charge >= 0.3 is 6.18 Å². The highest BCUT2D eigenvalue weighted by atomic mass is 35.5. The molecule has 1 saturated heterocycles.